The van der Waals surface area contributed by atoms with Gasteiger partial charge in [-0.15, -0.1) is 0 Å². The van der Waals surface area contributed by atoms with Crippen LogP contribution in [0.4, 0.5) is 11.4 Å². The second-order valence-electron chi connectivity index (χ2n) is 6.99. The number of rotatable bonds is 3. The van der Waals surface area contributed by atoms with E-state index in [2.05, 4.69) is 30.1 Å². The van der Waals surface area contributed by atoms with Gasteiger partial charge in [0, 0.05) is 33.9 Å². The van der Waals surface area contributed by atoms with Gasteiger partial charge in [-0.25, -0.2) is 0 Å². The lowest BCUT2D eigenvalue weighted by molar-refractivity contribution is -0.112. The second kappa shape index (κ2) is 6.54. The number of para-hydroxylation sites is 3. The molecule has 0 saturated carbocycles. The highest BCUT2D eigenvalue weighted by molar-refractivity contribution is 6.38. The first-order valence-electron chi connectivity index (χ1n) is 9.57. The molecule has 1 amide bonds. The normalized spacial score (nSPS) is 14.8. The average Bonchev–Trinajstić information content (AvgIpc) is 3.28. The van der Waals surface area contributed by atoms with Crippen molar-refractivity contribution < 1.29 is 4.79 Å². The number of nitrogens with one attached hydrogen (secondary N) is 1. The SMILES string of the molecule is CCc1cccc2c(C=C3C(=O)N(c4ccccc4)c4ccccc43)c[nH]c12. The summed E-state index contributed by atoms with van der Waals surface area (Å²) < 4.78 is 0. The van der Waals surface area contributed by atoms with Crippen LogP contribution in [0.1, 0.15) is 23.6 Å². The minimum atomic E-state index is 0.00777. The predicted molar refractivity (Wildman–Crippen MR) is 116 cm³/mol. The van der Waals surface area contributed by atoms with Crippen molar-refractivity contribution in [1.82, 2.24) is 4.98 Å². The van der Waals surface area contributed by atoms with Crippen molar-refractivity contribution in [2.45, 2.75) is 13.3 Å². The van der Waals surface area contributed by atoms with Crippen molar-refractivity contribution in [2.75, 3.05) is 4.90 Å². The fraction of sp³-hybridized carbons (Fsp3) is 0.0800. The summed E-state index contributed by atoms with van der Waals surface area (Å²) in [7, 11) is 0. The number of H-pyrrole nitrogens is 1. The number of aryl methyl sites for hydroxylation is 1. The van der Waals surface area contributed by atoms with Crippen molar-refractivity contribution in [3.63, 3.8) is 0 Å². The van der Waals surface area contributed by atoms with E-state index >= 15 is 0 Å². The molecule has 0 atom stereocenters. The van der Waals surface area contributed by atoms with Crippen LogP contribution in [0.15, 0.2) is 79.0 Å². The van der Waals surface area contributed by atoms with E-state index in [0.29, 0.717) is 0 Å². The lowest BCUT2D eigenvalue weighted by Crippen LogP contribution is -2.20. The number of amides is 1. The van der Waals surface area contributed by atoms with Gasteiger partial charge in [0.15, 0.2) is 0 Å². The smallest absolute Gasteiger partial charge is 0.263 e. The zero-order valence-corrected chi connectivity index (χ0v) is 15.6. The summed E-state index contributed by atoms with van der Waals surface area (Å²) >= 11 is 0. The van der Waals surface area contributed by atoms with Crippen molar-refractivity contribution >= 4 is 39.8 Å². The van der Waals surface area contributed by atoms with Crippen LogP contribution >= 0.6 is 0 Å². The molecule has 1 aliphatic heterocycles. The number of nitrogens with zero attached hydrogens (tertiary/aromatic N) is 1. The molecule has 4 aromatic rings. The second-order valence-corrected chi connectivity index (χ2v) is 6.99. The molecular formula is C25H20N2O. The Morgan fingerprint density at radius 1 is 0.929 bits per heavy atom. The number of benzene rings is 3. The Balaban J connectivity index is 1.68. The predicted octanol–water partition coefficient (Wildman–Crippen LogP) is 5.95. The zero-order valence-electron chi connectivity index (χ0n) is 15.6. The minimum Gasteiger partial charge on any atom is -0.360 e. The van der Waals surface area contributed by atoms with Gasteiger partial charge in [0.2, 0.25) is 0 Å². The summed E-state index contributed by atoms with van der Waals surface area (Å²) in [6.07, 6.45) is 4.98. The summed E-state index contributed by atoms with van der Waals surface area (Å²) in [6.45, 7) is 2.15. The van der Waals surface area contributed by atoms with Crippen LogP contribution in [0.3, 0.4) is 0 Å². The van der Waals surface area contributed by atoms with Crippen molar-refractivity contribution in [3.05, 3.63) is 95.7 Å². The van der Waals surface area contributed by atoms with Crippen LogP contribution in [0.25, 0.3) is 22.6 Å². The molecule has 0 saturated heterocycles. The van der Waals surface area contributed by atoms with E-state index < -0.39 is 0 Å². The van der Waals surface area contributed by atoms with Crippen molar-refractivity contribution in [3.8, 4) is 0 Å². The monoisotopic (exact) mass is 364 g/mol. The third-order valence-electron chi connectivity index (χ3n) is 5.40. The molecule has 2 heterocycles. The van der Waals surface area contributed by atoms with Crippen LogP contribution in [0.2, 0.25) is 0 Å². The van der Waals surface area contributed by atoms with Crippen LogP contribution in [-0.2, 0) is 11.2 Å². The van der Waals surface area contributed by atoms with Gasteiger partial charge in [0.25, 0.3) is 5.91 Å². The summed E-state index contributed by atoms with van der Waals surface area (Å²) in [5.74, 6) is 0.00777. The molecule has 1 N–H and O–H groups in total. The maximum absolute atomic E-state index is 13.4. The van der Waals surface area contributed by atoms with Gasteiger partial charge in [-0.3, -0.25) is 9.69 Å². The van der Waals surface area contributed by atoms with E-state index in [0.717, 1.165) is 45.4 Å². The Morgan fingerprint density at radius 2 is 1.71 bits per heavy atom. The molecule has 0 unspecified atom stereocenters. The highest BCUT2D eigenvalue weighted by Gasteiger charge is 2.33. The molecule has 28 heavy (non-hydrogen) atoms. The van der Waals surface area contributed by atoms with Gasteiger partial charge < -0.3 is 4.98 Å². The quantitative estimate of drug-likeness (QED) is 0.448. The Morgan fingerprint density at radius 3 is 2.54 bits per heavy atom. The van der Waals surface area contributed by atoms with Gasteiger partial charge in [0.1, 0.15) is 0 Å². The summed E-state index contributed by atoms with van der Waals surface area (Å²) in [5.41, 5.74) is 6.98. The number of aromatic amines is 1. The maximum atomic E-state index is 13.4. The Bertz CT molecular complexity index is 1220. The van der Waals surface area contributed by atoms with Crippen LogP contribution in [0.5, 0.6) is 0 Å². The highest BCUT2D eigenvalue weighted by atomic mass is 16.2. The summed E-state index contributed by atoms with van der Waals surface area (Å²) in [6, 6.07) is 24.1. The first-order chi connectivity index (χ1) is 13.8. The molecule has 5 rings (SSSR count). The lowest BCUT2D eigenvalue weighted by Gasteiger charge is -2.16. The fourth-order valence-corrected chi connectivity index (χ4v) is 4.02. The molecular weight excluding hydrogens is 344 g/mol. The third-order valence-corrected chi connectivity index (χ3v) is 5.40. The first-order valence-corrected chi connectivity index (χ1v) is 9.57. The molecule has 0 bridgehead atoms. The molecule has 0 aliphatic carbocycles. The Labute approximate surface area is 163 Å². The number of hydrogen-bond acceptors (Lipinski definition) is 1. The minimum absolute atomic E-state index is 0.00777. The highest BCUT2D eigenvalue weighted by Crippen LogP contribution is 2.42. The number of carbonyl (C=O) groups is 1. The van der Waals surface area contributed by atoms with Crippen molar-refractivity contribution in [2.24, 2.45) is 0 Å². The van der Waals surface area contributed by atoms with Crippen LogP contribution in [-0.4, -0.2) is 10.9 Å². The molecule has 3 heteroatoms. The average molecular weight is 364 g/mol. The lowest BCUT2D eigenvalue weighted by atomic mass is 10.0. The Hall–Kier alpha value is -3.59. The molecule has 1 aliphatic rings. The van der Waals surface area contributed by atoms with Crippen LogP contribution in [0, 0.1) is 0 Å². The topological polar surface area (TPSA) is 36.1 Å². The Kier molecular flexibility index (Phi) is 3.87. The van der Waals surface area contributed by atoms with E-state index in [1.807, 2.05) is 66.9 Å². The van der Waals surface area contributed by atoms with Crippen LogP contribution < -0.4 is 4.90 Å². The molecule has 3 aromatic carbocycles. The summed E-state index contributed by atoms with van der Waals surface area (Å²) in [5, 5.41) is 1.15. The number of anilines is 2. The number of hydrogen-bond donors (Lipinski definition) is 1. The van der Waals surface area contributed by atoms with Gasteiger partial charge in [-0.1, -0.05) is 61.5 Å². The van der Waals surface area contributed by atoms with Gasteiger partial charge in [0.05, 0.1) is 11.3 Å². The molecule has 0 fully saturated rings. The van der Waals surface area contributed by atoms with Crippen molar-refractivity contribution in [1.29, 1.82) is 0 Å². The molecule has 1 aromatic heterocycles. The largest absolute Gasteiger partial charge is 0.360 e. The molecule has 0 spiro atoms. The molecule has 0 radical (unpaired) electrons. The van der Waals surface area contributed by atoms with E-state index in [-0.39, 0.29) is 5.91 Å². The standard InChI is InChI=1S/C25H20N2O/c1-2-17-9-8-13-20-18(16-26-24(17)20)15-22-21-12-6-7-14-23(21)27(25(22)28)19-10-4-3-5-11-19/h3-16,26H,2H2,1H3. The number of fused-ring (bicyclic) bond motifs is 2. The third kappa shape index (κ3) is 2.48. The number of aromatic nitrogens is 1. The maximum Gasteiger partial charge on any atom is 0.263 e. The summed E-state index contributed by atoms with van der Waals surface area (Å²) in [4.78, 5) is 18.6. The molecule has 3 nitrogen and oxygen atoms in total. The van der Waals surface area contributed by atoms with Gasteiger partial charge >= 0.3 is 0 Å². The number of carbonyl (C=O) groups excluding carboxylic acids is 1. The van der Waals surface area contributed by atoms with E-state index in [1.165, 1.54) is 5.56 Å². The zero-order chi connectivity index (χ0) is 19.1. The molecule has 136 valence electrons. The van der Waals surface area contributed by atoms with Gasteiger partial charge in [-0.2, -0.15) is 0 Å². The first kappa shape index (κ1) is 16.6. The van der Waals surface area contributed by atoms with Gasteiger partial charge in [-0.05, 0) is 36.3 Å². The van der Waals surface area contributed by atoms with E-state index in [1.54, 1.807) is 4.90 Å². The van der Waals surface area contributed by atoms with E-state index in [4.69, 9.17) is 0 Å². The fourth-order valence-electron chi connectivity index (χ4n) is 4.02. The van der Waals surface area contributed by atoms with E-state index in [9.17, 15) is 4.79 Å².